The first-order valence-corrected chi connectivity index (χ1v) is 6.35. The third kappa shape index (κ3) is 3.20. The molecular weight excluding hydrogens is 238 g/mol. The zero-order valence-corrected chi connectivity index (χ0v) is 10.4. The molecule has 1 fully saturated rings. The lowest BCUT2D eigenvalue weighted by Crippen LogP contribution is -2.50. The fourth-order valence-electron chi connectivity index (χ4n) is 2.09. The molecule has 1 aromatic carbocycles. The number of alkyl halides is 1. The van der Waals surface area contributed by atoms with Gasteiger partial charge in [0.2, 0.25) is 0 Å². The van der Waals surface area contributed by atoms with Crippen LogP contribution in [0.15, 0.2) is 30.3 Å². The maximum atomic E-state index is 11.8. The van der Waals surface area contributed by atoms with E-state index in [2.05, 4.69) is 4.90 Å². The van der Waals surface area contributed by atoms with Crippen LogP contribution in [-0.2, 0) is 16.0 Å². The van der Waals surface area contributed by atoms with Crippen LogP contribution in [0.1, 0.15) is 5.56 Å². The van der Waals surface area contributed by atoms with Gasteiger partial charge in [-0.25, -0.2) is 0 Å². The Labute approximate surface area is 106 Å². The van der Waals surface area contributed by atoms with Gasteiger partial charge in [-0.15, -0.1) is 11.6 Å². The van der Waals surface area contributed by atoms with E-state index in [1.807, 2.05) is 30.3 Å². The number of cyclic esters (lactones) is 1. The van der Waals surface area contributed by atoms with Gasteiger partial charge in [0, 0.05) is 19.0 Å². The summed E-state index contributed by atoms with van der Waals surface area (Å²) >= 11 is 5.76. The Balaban J connectivity index is 2.07. The summed E-state index contributed by atoms with van der Waals surface area (Å²) in [7, 11) is 0. The summed E-state index contributed by atoms with van der Waals surface area (Å²) in [6.45, 7) is 1.98. The van der Waals surface area contributed by atoms with Crippen LogP contribution < -0.4 is 0 Å². The molecule has 92 valence electrons. The Morgan fingerprint density at radius 1 is 1.35 bits per heavy atom. The molecule has 0 bridgehead atoms. The number of halogens is 1. The van der Waals surface area contributed by atoms with Crippen molar-refractivity contribution in [3.05, 3.63) is 35.9 Å². The highest BCUT2D eigenvalue weighted by atomic mass is 35.5. The number of nitrogens with zero attached hydrogens (tertiary/aromatic N) is 1. The molecule has 1 aliphatic rings. The van der Waals surface area contributed by atoms with Gasteiger partial charge in [0.15, 0.2) is 0 Å². The zero-order valence-electron chi connectivity index (χ0n) is 9.64. The molecule has 0 N–H and O–H groups in total. The third-order valence-corrected chi connectivity index (χ3v) is 3.15. The maximum absolute atomic E-state index is 11.8. The van der Waals surface area contributed by atoms with Crippen LogP contribution in [0, 0.1) is 0 Å². The average Bonchev–Trinajstić information content (AvgIpc) is 2.35. The van der Waals surface area contributed by atoms with Crippen LogP contribution in [0.25, 0.3) is 0 Å². The fourth-order valence-corrected chi connectivity index (χ4v) is 2.31. The van der Waals surface area contributed by atoms with Gasteiger partial charge in [0.25, 0.3) is 0 Å². The molecule has 0 spiro atoms. The fraction of sp³-hybridized carbons (Fsp3) is 0.462. The molecule has 0 aliphatic carbocycles. The van der Waals surface area contributed by atoms with Crippen molar-refractivity contribution in [2.45, 2.75) is 12.5 Å². The molecule has 17 heavy (non-hydrogen) atoms. The van der Waals surface area contributed by atoms with E-state index in [0.717, 1.165) is 18.7 Å². The molecule has 1 unspecified atom stereocenters. The second-order valence-electron chi connectivity index (χ2n) is 4.10. The normalized spacial score (nSPS) is 21.2. The molecule has 1 aliphatic heterocycles. The number of carbonyl (C=O) groups excluding carboxylic acids is 1. The molecule has 3 nitrogen and oxygen atoms in total. The van der Waals surface area contributed by atoms with E-state index in [-0.39, 0.29) is 12.0 Å². The first-order chi connectivity index (χ1) is 8.31. The zero-order chi connectivity index (χ0) is 12.1. The van der Waals surface area contributed by atoms with Crippen molar-refractivity contribution in [2.75, 3.05) is 25.6 Å². The Hall–Kier alpha value is -1.06. The predicted octanol–water partition coefficient (Wildman–Crippen LogP) is 1.70. The van der Waals surface area contributed by atoms with Crippen molar-refractivity contribution >= 4 is 17.6 Å². The van der Waals surface area contributed by atoms with Crippen LogP contribution in [0.5, 0.6) is 0 Å². The largest absolute Gasteiger partial charge is 0.463 e. The SMILES string of the molecule is O=C1OCCN(CCCl)C1Cc1ccccc1. The van der Waals surface area contributed by atoms with Crippen molar-refractivity contribution in [1.82, 2.24) is 4.90 Å². The number of hydrogen-bond acceptors (Lipinski definition) is 3. The molecule has 2 rings (SSSR count). The minimum absolute atomic E-state index is 0.134. The summed E-state index contributed by atoms with van der Waals surface area (Å²) in [6, 6.07) is 9.80. The minimum atomic E-state index is -0.190. The average molecular weight is 254 g/mol. The van der Waals surface area contributed by atoms with E-state index in [1.54, 1.807) is 0 Å². The lowest BCUT2D eigenvalue weighted by atomic mass is 10.0. The van der Waals surface area contributed by atoms with Gasteiger partial charge < -0.3 is 4.74 Å². The highest BCUT2D eigenvalue weighted by molar-refractivity contribution is 6.18. The number of ether oxygens (including phenoxy) is 1. The quantitative estimate of drug-likeness (QED) is 0.604. The van der Waals surface area contributed by atoms with Crippen molar-refractivity contribution in [2.24, 2.45) is 0 Å². The standard InChI is InChI=1S/C13H16ClNO2/c14-6-7-15-8-9-17-13(16)12(15)10-11-4-2-1-3-5-11/h1-5,12H,6-10H2. The van der Waals surface area contributed by atoms with Gasteiger partial charge in [-0.2, -0.15) is 0 Å². The van der Waals surface area contributed by atoms with Crippen molar-refractivity contribution < 1.29 is 9.53 Å². The van der Waals surface area contributed by atoms with Crippen LogP contribution in [0.4, 0.5) is 0 Å². The van der Waals surface area contributed by atoms with E-state index in [9.17, 15) is 4.79 Å². The second-order valence-corrected chi connectivity index (χ2v) is 4.48. The molecule has 1 heterocycles. The number of esters is 1. The highest BCUT2D eigenvalue weighted by Gasteiger charge is 2.30. The molecule has 1 aromatic rings. The van der Waals surface area contributed by atoms with Crippen LogP contribution >= 0.6 is 11.6 Å². The van der Waals surface area contributed by atoms with E-state index in [4.69, 9.17) is 16.3 Å². The van der Waals surface area contributed by atoms with E-state index in [0.29, 0.717) is 18.9 Å². The smallest absolute Gasteiger partial charge is 0.323 e. The van der Waals surface area contributed by atoms with Gasteiger partial charge in [0.1, 0.15) is 12.6 Å². The molecule has 1 atom stereocenters. The second kappa shape index (κ2) is 6.03. The first kappa shape index (κ1) is 12.4. The lowest BCUT2D eigenvalue weighted by Gasteiger charge is -2.33. The Bertz CT molecular complexity index is 367. The Morgan fingerprint density at radius 3 is 2.82 bits per heavy atom. The molecule has 4 heteroatoms. The van der Waals surface area contributed by atoms with E-state index < -0.39 is 0 Å². The van der Waals surface area contributed by atoms with E-state index in [1.165, 1.54) is 0 Å². The number of carbonyl (C=O) groups is 1. The minimum Gasteiger partial charge on any atom is -0.463 e. The summed E-state index contributed by atoms with van der Waals surface area (Å²) in [5.74, 6) is 0.406. The highest BCUT2D eigenvalue weighted by Crippen LogP contribution is 2.14. The van der Waals surface area contributed by atoms with Gasteiger partial charge in [-0.1, -0.05) is 30.3 Å². The molecule has 1 saturated heterocycles. The predicted molar refractivity (Wildman–Crippen MR) is 67.2 cm³/mol. The number of benzene rings is 1. The molecule has 0 aromatic heterocycles. The van der Waals surface area contributed by atoms with E-state index >= 15 is 0 Å². The third-order valence-electron chi connectivity index (χ3n) is 2.98. The Kier molecular flexibility index (Phi) is 4.40. The van der Waals surface area contributed by atoms with Crippen LogP contribution in [0.2, 0.25) is 0 Å². The summed E-state index contributed by atoms with van der Waals surface area (Å²) in [5.41, 5.74) is 1.15. The number of hydrogen-bond donors (Lipinski definition) is 0. The van der Waals surface area contributed by atoms with Gasteiger partial charge in [-0.3, -0.25) is 9.69 Å². The molecule has 0 saturated carbocycles. The van der Waals surface area contributed by atoms with Crippen molar-refractivity contribution in [1.29, 1.82) is 0 Å². The van der Waals surface area contributed by atoms with Gasteiger partial charge >= 0.3 is 5.97 Å². The maximum Gasteiger partial charge on any atom is 0.323 e. The van der Waals surface area contributed by atoms with Gasteiger partial charge in [-0.05, 0) is 12.0 Å². The number of morpholine rings is 1. The monoisotopic (exact) mass is 253 g/mol. The summed E-state index contributed by atoms with van der Waals surface area (Å²) < 4.78 is 5.12. The summed E-state index contributed by atoms with van der Waals surface area (Å²) in [4.78, 5) is 13.9. The topological polar surface area (TPSA) is 29.5 Å². The lowest BCUT2D eigenvalue weighted by molar-refractivity contribution is -0.157. The Morgan fingerprint density at radius 2 is 2.12 bits per heavy atom. The van der Waals surface area contributed by atoms with Crippen LogP contribution in [0.3, 0.4) is 0 Å². The molecular formula is C13H16ClNO2. The van der Waals surface area contributed by atoms with Crippen molar-refractivity contribution in [3.63, 3.8) is 0 Å². The first-order valence-electron chi connectivity index (χ1n) is 5.82. The summed E-state index contributed by atoms with van der Waals surface area (Å²) in [5, 5.41) is 0. The molecule has 0 radical (unpaired) electrons. The molecule has 0 amide bonds. The van der Waals surface area contributed by atoms with Gasteiger partial charge in [0.05, 0.1) is 0 Å². The summed E-state index contributed by atoms with van der Waals surface area (Å²) in [6.07, 6.45) is 0.691. The van der Waals surface area contributed by atoms with Crippen LogP contribution in [-0.4, -0.2) is 42.5 Å². The van der Waals surface area contributed by atoms with Crippen molar-refractivity contribution in [3.8, 4) is 0 Å². The number of rotatable bonds is 4.